The molecular weight excluding hydrogens is 426 g/mol. The molecule has 3 aromatic rings. The Bertz CT molecular complexity index is 1100. The number of nitrogens with one attached hydrogen (secondary N) is 1. The third-order valence-corrected chi connectivity index (χ3v) is 7.52. The lowest BCUT2D eigenvalue weighted by atomic mass is 9.62. The van der Waals surface area contributed by atoms with Crippen LogP contribution in [-0.4, -0.2) is 46.2 Å². The Morgan fingerprint density at radius 2 is 2.03 bits per heavy atom. The Labute approximate surface area is 194 Å². The topological polar surface area (TPSA) is 97.1 Å². The van der Waals surface area contributed by atoms with Crippen molar-refractivity contribution in [2.75, 3.05) is 20.2 Å². The van der Waals surface area contributed by atoms with Gasteiger partial charge in [0.25, 0.3) is 0 Å². The smallest absolute Gasteiger partial charge is 0.248 e. The third kappa shape index (κ3) is 3.49. The molecule has 1 amide bonds. The highest BCUT2D eigenvalue weighted by molar-refractivity contribution is 5.93. The summed E-state index contributed by atoms with van der Waals surface area (Å²) < 4.78 is 6.35. The van der Waals surface area contributed by atoms with Gasteiger partial charge in [-0.3, -0.25) is 19.8 Å². The molecule has 0 spiro atoms. The van der Waals surface area contributed by atoms with E-state index in [1.807, 2.05) is 31.5 Å². The Balaban J connectivity index is 0.00000245. The van der Waals surface area contributed by atoms with Gasteiger partial charge in [0.05, 0.1) is 11.9 Å². The second-order valence-electron chi connectivity index (χ2n) is 8.93. The molecule has 8 heteroatoms. The van der Waals surface area contributed by atoms with Crippen LogP contribution in [0.25, 0.3) is 10.9 Å². The summed E-state index contributed by atoms with van der Waals surface area (Å²) in [4.78, 5) is 18.5. The quantitative estimate of drug-likeness (QED) is 0.609. The predicted molar refractivity (Wildman–Crippen MR) is 126 cm³/mol. The zero-order valence-electron chi connectivity index (χ0n) is 18.5. The summed E-state index contributed by atoms with van der Waals surface area (Å²) in [6.07, 6.45) is 7.02. The number of nitrogens with zero attached hydrogens (tertiary/aromatic N) is 3. The first kappa shape index (κ1) is 22.7. The average Bonchev–Trinajstić information content (AvgIpc) is 3.21. The van der Waals surface area contributed by atoms with E-state index in [-0.39, 0.29) is 24.0 Å². The lowest BCUT2D eigenvalue weighted by Gasteiger charge is -2.56. The number of piperidine rings is 1. The number of likely N-dealkylation sites (tertiary alicyclic amines) is 1. The average molecular weight is 456 g/mol. The van der Waals surface area contributed by atoms with Gasteiger partial charge in [-0.05, 0) is 43.5 Å². The molecule has 1 saturated heterocycles. The Kier molecular flexibility index (Phi) is 6.25. The minimum absolute atomic E-state index is 0. The van der Waals surface area contributed by atoms with Gasteiger partial charge >= 0.3 is 0 Å². The number of aromatic amines is 1. The fourth-order valence-corrected chi connectivity index (χ4v) is 6.01. The summed E-state index contributed by atoms with van der Waals surface area (Å²) in [5.74, 6) is 0.280. The molecule has 2 aliphatic rings. The van der Waals surface area contributed by atoms with Gasteiger partial charge in [0.2, 0.25) is 5.91 Å². The van der Waals surface area contributed by atoms with E-state index in [0.717, 1.165) is 48.1 Å². The van der Waals surface area contributed by atoms with E-state index in [2.05, 4.69) is 33.1 Å². The molecular formula is C24H30ClN5O2. The van der Waals surface area contributed by atoms with Crippen LogP contribution in [0.3, 0.4) is 0 Å². The van der Waals surface area contributed by atoms with E-state index < -0.39 is 5.91 Å². The van der Waals surface area contributed by atoms with Crippen molar-refractivity contribution >= 4 is 29.2 Å². The molecule has 3 heterocycles. The van der Waals surface area contributed by atoms with Crippen LogP contribution in [0.5, 0.6) is 0 Å². The summed E-state index contributed by atoms with van der Waals surface area (Å²) in [5.41, 5.74) is 8.83. The lowest BCUT2D eigenvalue weighted by Crippen LogP contribution is -2.59. The zero-order valence-corrected chi connectivity index (χ0v) is 19.3. The second kappa shape index (κ2) is 8.81. The third-order valence-electron chi connectivity index (χ3n) is 7.52. The van der Waals surface area contributed by atoms with E-state index in [9.17, 15) is 4.79 Å². The van der Waals surface area contributed by atoms with Crippen molar-refractivity contribution < 1.29 is 9.53 Å². The number of fused-ring (bicyclic) bond motifs is 3. The number of amides is 1. The highest BCUT2D eigenvalue weighted by atomic mass is 35.5. The predicted octanol–water partition coefficient (Wildman–Crippen LogP) is 3.81. The van der Waals surface area contributed by atoms with Crippen LogP contribution >= 0.6 is 12.4 Å². The van der Waals surface area contributed by atoms with Gasteiger partial charge in [0.1, 0.15) is 11.1 Å². The molecule has 1 saturated carbocycles. The summed E-state index contributed by atoms with van der Waals surface area (Å²) in [6.45, 7) is 4.10. The molecule has 2 aromatic heterocycles. The number of hydrogen-bond acceptors (Lipinski definition) is 5. The van der Waals surface area contributed by atoms with E-state index in [4.69, 9.17) is 10.5 Å². The molecule has 2 unspecified atom stereocenters. The van der Waals surface area contributed by atoms with Crippen molar-refractivity contribution in [3.63, 3.8) is 0 Å². The van der Waals surface area contributed by atoms with Gasteiger partial charge in [0.15, 0.2) is 0 Å². The van der Waals surface area contributed by atoms with Gasteiger partial charge in [-0.1, -0.05) is 18.6 Å². The molecule has 2 bridgehead atoms. The van der Waals surface area contributed by atoms with Crippen LogP contribution in [-0.2, 0) is 10.3 Å². The Morgan fingerprint density at radius 1 is 1.28 bits per heavy atom. The monoisotopic (exact) mass is 455 g/mol. The van der Waals surface area contributed by atoms with E-state index in [1.165, 1.54) is 6.42 Å². The van der Waals surface area contributed by atoms with Crippen LogP contribution in [0, 0.1) is 11.8 Å². The van der Waals surface area contributed by atoms with E-state index in [0.29, 0.717) is 17.4 Å². The fourth-order valence-electron chi connectivity index (χ4n) is 6.01. The number of H-pyrrole nitrogens is 1. The van der Waals surface area contributed by atoms with Gasteiger partial charge in [-0.15, -0.1) is 12.4 Å². The minimum atomic E-state index is -0.398. The highest BCUT2D eigenvalue weighted by Crippen LogP contribution is 2.52. The van der Waals surface area contributed by atoms with Crippen molar-refractivity contribution in [2.45, 2.75) is 37.8 Å². The SMILES string of the molecule is COC1(c2cccc(C(N)=O)c2)C2CCCC1CN([C@@H](C)c1[nH]nc3cnccc13)C2.Cl. The molecule has 3 atom stereocenters. The van der Waals surface area contributed by atoms with Crippen molar-refractivity contribution in [3.05, 3.63) is 59.5 Å². The van der Waals surface area contributed by atoms with Crippen molar-refractivity contribution in [1.29, 1.82) is 0 Å². The molecule has 32 heavy (non-hydrogen) atoms. The van der Waals surface area contributed by atoms with Crippen molar-refractivity contribution in [2.24, 2.45) is 17.6 Å². The van der Waals surface area contributed by atoms with Gasteiger partial charge in [-0.2, -0.15) is 5.10 Å². The number of carbonyl (C=O) groups is 1. The van der Waals surface area contributed by atoms with Crippen molar-refractivity contribution in [1.82, 2.24) is 20.1 Å². The molecule has 0 radical (unpaired) electrons. The first-order chi connectivity index (χ1) is 15.0. The maximum absolute atomic E-state index is 11.8. The first-order valence-electron chi connectivity index (χ1n) is 11.0. The first-order valence-corrected chi connectivity index (χ1v) is 11.0. The molecule has 1 aliphatic heterocycles. The second-order valence-corrected chi connectivity index (χ2v) is 8.93. The van der Waals surface area contributed by atoms with Crippen LogP contribution in [0.4, 0.5) is 0 Å². The summed E-state index contributed by atoms with van der Waals surface area (Å²) in [6, 6.07) is 9.97. The molecule has 2 fully saturated rings. The molecule has 5 rings (SSSR count). The number of benzene rings is 1. The summed E-state index contributed by atoms with van der Waals surface area (Å²) in [5, 5.41) is 8.82. The molecule has 170 valence electrons. The van der Waals surface area contributed by atoms with E-state index >= 15 is 0 Å². The fraction of sp³-hybridized carbons (Fsp3) is 0.458. The minimum Gasteiger partial charge on any atom is -0.373 e. The number of halogens is 1. The normalized spacial score (nSPS) is 26.4. The van der Waals surface area contributed by atoms with Crippen molar-refractivity contribution in [3.8, 4) is 0 Å². The number of methoxy groups -OCH3 is 1. The Morgan fingerprint density at radius 3 is 2.72 bits per heavy atom. The van der Waals surface area contributed by atoms with Crippen LogP contribution in [0.1, 0.15) is 53.8 Å². The van der Waals surface area contributed by atoms with Crippen LogP contribution in [0.2, 0.25) is 0 Å². The highest BCUT2D eigenvalue weighted by Gasteiger charge is 2.53. The number of pyridine rings is 1. The number of rotatable bonds is 5. The van der Waals surface area contributed by atoms with Gasteiger partial charge in [-0.25, -0.2) is 0 Å². The summed E-state index contributed by atoms with van der Waals surface area (Å²) in [7, 11) is 1.82. The van der Waals surface area contributed by atoms with Gasteiger partial charge < -0.3 is 10.5 Å². The van der Waals surface area contributed by atoms with Crippen LogP contribution in [0.15, 0.2) is 42.7 Å². The number of carbonyl (C=O) groups excluding carboxylic acids is 1. The standard InChI is InChI=1S/C24H29N5O2.ClH/c1-15(22-20-9-10-26-12-21(20)27-28-22)29-13-18-7-4-8-19(14-29)24(18,31-2)17-6-3-5-16(11-17)23(25)30;/h3,5-6,9-12,15,18-19H,4,7-8,13-14H2,1-2H3,(H2,25,30)(H,27,28);1H/t15-,18?,19?,24?;/m0./s1. The molecule has 3 N–H and O–H groups in total. The maximum atomic E-state index is 11.8. The number of hydrogen-bond donors (Lipinski definition) is 2. The summed E-state index contributed by atoms with van der Waals surface area (Å²) >= 11 is 0. The molecule has 1 aliphatic carbocycles. The molecule has 7 nitrogen and oxygen atoms in total. The number of ether oxygens (including phenoxy) is 1. The molecule has 1 aromatic carbocycles. The number of primary amides is 1. The number of nitrogens with two attached hydrogens (primary N) is 1. The zero-order chi connectivity index (χ0) is 21.6. The van der Waals surface area contributed by atoms with Crippen LogP contribution < -0.4 is 5.73 Å². The lowest BCUT2D eigenvalue weighted by molar-refractivity contribution is -0.174. The number of aromatic nitrogens is 3. The largest absolute Gasteiger partial charge is 0.373 e. The van der Waals surface area contributed by atoms with E-state index in [1.54, 1.807) is 12.3 Å². The maximum Gasteiger partial charge on any atom is 0.248 e. The van der Waals surface area contributed by atoms with Gasteiger partial charge in [0, 0.05) is 55.2 Å². The Hall–Kier alpha value is -2.48.